The number of rotatable bonds is 4. The van der Waals surface area contributed by atoms with Gasteiger partial charge in [-0.1, -0.05) is 30.3 Å². The first-order valence-corrected chi connectivity index (χ1v) is 9.01. The van der Waals surface area contributed by atoms with Crippen molar-refractivity contribution >= 4 is 33.1 Å². The highest BCUT2D eigenvalue weighted by Gasteiger charge is 2.27. The van der Waals surface area contributed by atoms with E-state index in [9.17, 15) is 4.79 Å². The standard InChI is InChI=1S/C19H19N3OS/c1-13(22-11-10-14-6-2-4-8-16(14)22)19(23)20-12-18-21-15-7-3-5-9-17(15)24-18/h2-9,13H,10-12H2,1H3,(H,20,23)/t13-/m0/s1. The maximum atomic E-state index is 12.6. The Morgan fingerprint density at radius 2 is 2.04 bits per heavy atom. The molecule has 0 saturated heterocycles. The SMILES string of the molecule is C[C@@H](C(=O)NCc1nc2ccccc2s1)N1CCc2ccccc21. The van der Waals surface area contributed by atoms with Crippen molar-refractivity contribution in [2.75, 3.05) is 11.4 Å². The summed E-state index contributed by atoms with van der Waals surface area (Å²) < 4.78 is 1.16. The first-order chi connectivity index (χ1) is 11.7. The van der Waals surface area contributed by atoms with Crippen LogP contribution >= 0.6 is 11.3 Å². The van der Waals surface area contributed by atoms with Crippen molar-refractivity contribution in [3.05, 3.63) is 59.1 Å². The minimum Gasteiger partial charge on any atom is -0.359 e. The molecule has 0 fully saturated rings. The Hall–Kier alpha value is -2.40. The number of amides is 1. The molecule has 1 atom stereocenters. The average Bonchev–Trinajstić information content (AvgIpc) is 3.22. The van der Waals surface area contributed by atoms with Gasteiger partial charge in [0.1, 0.15) is 11.0 Å². The maximum Gasteiger partial charge on any atom is 0.242 e. The van der Waals surface area contributed by atoms with Crippen LogP contribution in [0, 0.1) is 0 Å². The van der Waals surface area contributed by atoms with E-state index in [1.165, 1.54) is 11.3 Å². The van der Waals surface area contributed by atoms with E-state index in [1.54, 1.807) is 11.3 Å². The summed E-state index contributed by atoms with van der Waals surface area (Å²) in [6.45, 7) is 3.35. The minimum absolute atomic E-state index is 0.0472. The molecule has 1 aromatic heterocycles. The first-order valence-electron chi connectivity index (χ1n) is 8.19. The fourth-order valence-corrected chi connectivity index (χ4v) is 4.12. The van der Waals surface area contributed by atoms with Crippen LogP contribution in [0.3, 0.4) is 0 Å². The molecule has 2 heterocycles. The minimum atomic E-state index is -0.178. The average molecular weight is 337 g/mol. The lowest BCUT2D eigenvalue weighted by molar-refractivity contribution is -0.122. The van der Waals surface area contributed by atoms with Crippen LogP contribution in [-0.2, 0) is 17.8 Å². The second-order valence-corrected chi connectivity index (χ2v) is 7.16. The topological polar surface area (TPSA) is 45.2 Å². The van der Waals surface area contributed by atoms with Gasteiger partial charge < -0.3 is 10.2 Å². The summed E-state index contributed by atoms with van der Waals surface area (Å²) in [6.07, 6.45) is 1.01. The fraction of sp³-hybridized carbons (Fsp3) is 0.263. The van der Waals surface area contributed by atoms with Gasteiger partial charge in [-0.05, 0) is 37.1 Å². The number of fused-ring (bicyclic) bond motifs is 2. The Balaban J connectivity index is 1.43. The summed E-state index contributed by atoms with van der Waals surface area (Å²) in [7, 11) is 0. The molecule has 0 spiro atoms. The molecule has 1 N–H and O–H groups in total. The van der Waals surface area contributed by atoms with Crippen LogP contribution in [0.2, 0.25) is 0 Å². The molecule has 0 bridgehead atoms. The van der Waals surface area contributed by atoms with E-state index in [-0.39, 0.29) is 11.9 Å². The monoisotopic (exact) mass is 337 g/mol. The van der Waals surface area contributed by atoms with Gasteiger partial charge in [0.15, 0.2) is 0 Å². The number of benzene rings is 2. The Labute approximate surface area is 145 Å². The van der Waals surface area contributed by atoms with Gasteiger partial charge in [0.25, 0.3) is 0 Å². The van der Waals surface area contributed by atoms with Gasteiger partial charge in [-0.15, -0.1) is 11.3 Å². The van der Waals surface area contributed by atoms with Crippen molar-refractivity contribution in [1.82, 2.24) is 10.3 Å². The second-order valence-electron chi connectivity index (χ2n) is 6.04. The number of carbonyl (C=O) groups excluding carboxylic acids is 1. The molecule has 1 aliphatic rings. The van der Waals surface area contributed by atoms with Crippen LogP contribution in [0.1, 0.15) is 17.5 Å². The molecule has 3 aromatic rings. The molecule has 24 heavy (non-hydrogen) atoms. The highest BCUT2D eigenvalue weighted by Crippen LogP contribution is 2.29. The molecule has 2 aromatic carbocycles. The van der Waals surface area contributed by atoms with Crippen LogP contribution < -0.4 is 10.2 Å². The van der Waals surface area contributed by atoms with Crippen LogP contribution in [0.5, 0.6) is 0 Å². The second kappa shape index (κ2) is 6.24. The summed E-state index contributed by atoms with van der Waals surface area (Å²) in [5.41, 5.74) is 3.50. The maximum absolute atomic E-state index is 12.6. The molecule has 0 aliphatic carbocycles. The van der Waals surface area contributed by atoms with Crippen LogP contribution in [0.15, 0.2) is 48.5 Å². The zero-order chi connectivity index (χ0) is 16.5. The Bertz CT molecular complexity index is 856. The number of nitrogens with one attached hydrogen (secondary N) is 1. The Morgan fingerprint density at radius 1 is 1.25 bits per heavy atom. The van der Waals surface area contributed by atoms with Crippen molar-refractivity contribution in [2.45, 2.75) is 25.9 Å². The zero-order valence-corrected chi connectivity index (χ0v) is 14.3. The summed E-state index contributed by atoms with van der Waals surface area (Å²) in [5, 5.41) is 3.98. The van der Waals surface area contributed by atoms with E-state index in [0.717, 1.165) is 28.2 Å². The van der Waals surface area contributed by atoms with Crippen LogP contribution in [-0.4, -0.2) is 23.5 Å². The van der Waals surface area contributed by atoms with Gasteiger partial charge in [-0.3, -0.25) is 4.79 Å². The van der Waals surface area contributed by atoms with Crippen molar-refractivity contribution < 1.29 is 4.79 Å². The van der Waals surface area contributed by atoms with E-state index >= 15 is 0 Å². The van der Waals surface area contributed by atoms with Crippen LogP contribution in [0.25, 0.3) is 10.2 Å². The van der Waals surface area contributed by atoms with E-state index in [1.807, 2.05) is 31.2 Å². The number of nitrogens with zero attached hydrogens (tertiary/aromatic N) is 2. The Morgan fingerprint density at radius 3 is 2.92 bits per heavy atom. The van der Waals surface area contributed by atoms with Gasteiger partial charge in [0.05, 0.1) is 16.8 Å². The third kappa shape index (κ3) is 2.76. The molecule has 122 valence electrons. The Kier molecular flexibility index (Phi) is 3.94. The summed E-state index contributed by atoms with van der Waals surface area (Å²) >= 11 is 1.63. The number of thiazole rings is 1. The lowest BCUT2D eigenvalue weighted by Gasteiger charge is -2.26. The lowest BCUT2D eigenvalue weighted by atomic mass is 10.1. The normalized spacial score (nSPS) is 14.6. The van der Waals surface area contributed by atoms with Crippen molar-refractivity contribution in [2.24, 2.45) is 0 Å². The smallest absolute Gasteiger partial charge is 0.242 e. The molecular formula is C19H19N3OS. The van der Waals surface area contributed by atoms with E-state index < -0.39 is 0 Å². The van der Waals surface area contributed by atoms with Crippen molar-refractivity contribution in [1.29, 1.82) is 0 Å². The number of para-hydroxylation sites is 2. The largest absolute Gasteiger partial charge is 0.359 e. The molecule has 0 unspecified atom stereocenters. The van der Waals surface area contributed by atoms with Gasteiger partial charge in [0, 0.05) is 12.2 Å². The van der Waals surface area contributed by atoms with Gasteiger partial charge in [-0.25, -0.2) is 4.98 Å². The molecule has 0 saturated carbocycles. The molecular weight excluding hydrogens is 318 g/mol. The van der Waals surface area contributed by atoms with Crippen molar-refractivity contribution in [3.8, 4) is 0 Å². The quantitative estimate of drug-likeness (QED) is 0.794. The lowest BCUT2D eigenvalue weighted by Crippen LogP contribution is -2.44. The molecule has 5 heteroatoms. The molecule has 4 rings (SSSR count). The third-order valence-corrected chi connectivity index (χ3v) is 5.56. The van der Waals surface area contributed by atoms with Gasteiger partial charge in [-0.2, -0.15) is 0 Å². The molecule has 1 aliphatic heterocycles. The summed E-state index contributed by atoms with van der Waals surface area (Å²) in [5.74, 6) is 0.0472. The van der Waals surface area contributed by atoms with Gasteiger partial charge >= 0.3 is 0 Å². The van der Waals surface area contributed by atoms with Crippen molar-refractivity contribution in [3.63, 3.8) is 0 Å². The zero-order valence-electron chi connectivity index (χ0n) is 13.5. The first kappa shape index (κ1) is 15.1. The number of aromatic nitrogens is 1. The summed E-state index contributed by atoms with van der Waals surface area (Å²) in [4.78, 5) is 19.3. The van der Waals surface area contributed by atoms with E-state index in [4.69, 9.17) is 0 Å². The van der Waals surface area contributed by atoms with Crippen LogP contribution in [0.4, 0.5) is 5.69 Å². The molecule has 0 radical (unpaired) electrons. The summed E-state index contributed by atoms with van der Waals surface area (Å²) in [6, 6.07) is 16.2. The van der Waals surface area contributed by atoms with Gasteiger partial charge in [0.2, 0.25) is 5.91 Å². The van der Waals surface area contributed by atoms with E-state index in [0.29, 0.717) is 6.54 Å². The molecule has 1 amide bonds. The molecule has 4 nitrogen and oxygen atoms in total. The van der Waals surface area contributed by atoms with E-state index in [2.05, 4.69) is 39.5 Å². The number of carbonyl (C=O) groups is 1. The number of hydrogen-bond acceptors (Lipinski definition) is 4. The number of anilines is 1. The predicted octanol–water partition coefficient (Wildman–Crippen LogP) is 3.36. The predicted molar refractivity (Wildman–Crippen MR) is 98.4 cm³/mol. The highest BCUT2D eigenvalue weighted by atomic mass is 32.1. The third-order valence-electron chi connectivity index (χ3n) is 4.52. The number of hydrogen-bond donors (Lipinski definition) is 1. The highest BCUT2D eigenvalue weighted by molar-refractivity contribution is 7.18. The fourth-order valence-electron chi connectivity index (χ4n) is 3.21.